The van der Waals surface area contributed by atoms with E-state index in [9.17, 15) is 4.79 Å². The molecule has 0 aliphatic rings. The van der Waals surface area contributed by atoms with Gasteiger partial charge in [0.2, 0.25) is 0 Å². The van der Waals surface area contributed by atoms with E-state index in [1.807, 2.05) is 31.7 Å². The number of thiazole rings is 1. The standard InChI is InChI=1S/C20H28N4O2S2/c1-5-26-19(25)17-14(2)23-18(28-17)15(3)24-20(21-4)22-12-9-13-27-16-10-7-6-8-11-16/h6-8,10-11,15H,5,9,12-13H2,1-4H3,(H2,21,22,24). The van der Waals surface area contributed by atoms with Crippen LogP contribution in [0.2, 0.25) is 0 Å². The van der Waals surface area contributed by atoms with Gasteiger partial charge < -0.3 is 15.4 Å². The summed E-state index contributed by atoms with van der Waals surface area (Å²) in [5.41, 5.74) is 0.702. The van der Waals surface area contributed by atoms with Gasteiger partial charge in [0, 0.05) is 18.5 Å². The zero-order valence-corrected chi connectivity index (χ0v) is 18.5. The molecule has 0 aliphatic heterocycles. The number of carbonyl (C=O) groups excluding carboxylic acids is 1. The molecular weight excluding hydrogens is 392 g/mol. The van der Waals surface area contributed by atoms with Crippen molar-refractivity contribution in [1.29, 1.82) is 0 Å². The van der Waals surface area contributed by atoms with Gasteiger partial charge in [0.1, 0.15) is 9.88 Å². The second kappa shape index (κ2) is 11.7. The minimum atomic E-state index is -0.311. The predicted molar refractivity (Wildman–Crippen MR) is 118 cm³/mol. The summed E-state index contributed by atoms with van der Waals surface area (Å²) in [6.45, 7) is 6.82. The maximum Gasteiger partial charge on any atom is 0.350 e. The van der Waals surface area contributed by atoms with Crippen molar-refractivity contribution >= 4 is 35.0 Å². The second-order valence-electron chi connectivity index (χ2n) is 6.07. The van der Waals surface area contributed by atoms with Crippen molar-refractivity contribution in [3.05, 3.63) is 45.9 Å². The lowest BCUT2D eigenvalue weighted by Crippen LogP contribution is -2.39. The first-order chi connectivity index (χ1) is 13.5. The normalized spacial score (nSPS) is 12.5. The Bertz CT molecular complexity index is 778. The number of nitrogens with one attached hydrogen (secondary N) is 2. The topological polar surface area (TPSA) is 75.6 Å². The molecule has 1 heterocycles. The highest BCUT2D eigenvalue weighted by molar-refractivity contribution is 7.99. The zero-order chi connectivity index (χ0) is 20.4. The lowest BCUT2D eigenvalue weighted by molar-refractivity contribution is 0.0531. The van der Waals surface area contributed by atoms with Crippen LogP contribution in [-0.4, -0.2) is 42.9 Å². The Hall–Kier alpha value is -2.06. The minimum Gasteiger partial charge on any atom is -0.462 e. The number of aromatic nitrogens is 1. The molecule has 1 aromatic carbocycles. The molecule has 2 rings (SSSR count). The number of hydrogen-bond acceptors (Lipinski definition) is 6. The second-order valence-corrected chi connectivity index (χ2v) is 8.27. The Morgan fingerprint density at radius 3 is 2.79 bits per heavy atom. The van der Waals surface area contributed by atoms with Crippen LogP contribution in [0.3, 0.4) is 0 Å². The summed E-state index contributed by atoms with van der Waals surface area (Å²) in [6.07, 6.45) is 1.03. The van der Waals surface area contributed by atoms with E-state index in [1.54, 1.807) is 14.0 Å². The van der Waals surface area contributed by atoms with E-state index in [1.165, 1.54) is 16.2 Å². The molecule has 0 radical (unpaired) electrons. The molecule has 0 amide bonds. The van der Waals surface area contributed by atoms with Crippen LogP contribution in [0.15, 0.2) is 40.2 Å². The fourth-order valence-electron chi connectivity index (χ4n) is 2.44. The molecular formula is C20H28N4O2S2. The molecule has 6 nitrogen and oxygen atoms in total. The number of hydrogen-bond donors (Lipinski definition) is 2. The Balaban J connectivity index is 1.79. The lowest BCUT2D eigenvalue weighted by atomic mass is 10.3. The number of aliphatic imine (C=N–C) groups is 1. The van der Waals surface area contributed by atoms with Gasteiger partial charge >= 0.3 is 5.97 Å². The molecule has 152 valence electrons. The first-order valence-corrected chi connectivity index (χ1v) is 11.1. The Labute approximate surface area is 175 Å². The van der Waals surface area contributed by atoms with Crippen molar-refractivity contribution in [3.63, 3.8) is 0 Å². The fraction of sp³-hybridized carbons (Fsp3) is 0.450. The van der Waals surface area contributed by atoms with Gasteiger partial charge in [-0.15, -0.1) is 23.1 Å². The van der Waals surface area contributed by atoms with Crippen molar-refractivity contribution < 1.29 is 9.53 Å². The number of thioether (sulfide) groups is 1. The average molecular weight is 421 g/mol. The van der Waals surface area contributed by atoms with Crippen LogP contribution in [0.25, 0.3) is 0 Å². The Morgan fingerprint density at radius 1 is 1.36 bits per heavy atom. The summed E-state index contributed by atoms with van der Waals surface area (Å²) in [5, 5.41) is 7.50. The minimum absolute atomic E-state index is 0.0585. The molecule has 28 heavy (non-hydrogen) atoms. The van der Waals surface area contributed by atoms with Gasteiger partial charge in [-0.25, -0.2) is 9.78 Å². The summed E-state index contributed by atoms with van der Waals surface area (Å²) >= 11 is 3.21. The largest absolute Gasteiger partial charge is 0.462 e. The number of nitrogens with zero attached hydrogens (tertiary/aromatic N) is 2. The van der Waals surface area contributed by atoms with E-state index in [0.717, 1.165) is 29.7 Å². The van der Waals surface area contributed by atoms with Crippen LogP contribution in [0.5, 0.6) is 0 Å². The first kappa shape index (κ1) is 22.2. The van der Waals surface area contributed by atoms with Gasteiger partial charge in [0.05, 0.1) is 18.3 Å². The van der Waals surface area contributed by atoms with Crippen molar-refractivity contribution in [1.82, 2.24) is 15.6 Å². The number of esters is 1. The van der Waals surface area contributed by atoms with Gasteiger partial charge in [0.25, 0.3) is 0 Å². The molecule has 0 saturated carbocycles. The smallest absolute Gasteiger partial charge is 0.350 e. The van der Waals surface area contributed by atoms with E-state index in [4.69, 9.17) is 4.74 Å². The number of carbonyl (C=O) groups is 1. The van der Waals surface area contributed by atoms with Crippen LogP contribution in [0.1, 0.15) is 46.7 Å². The third kappa shape index (κ3) is 6.83. The highest BCUT2D eigenvalue weighted by Gasteiger charge is 2.20. The zero-order valence-electron chi connectivity index (χ0n) is 16.8. The number of ether oxygens (including phenoxy) is 1. The summed E-state index contributed by atoms with van der Waals surface area (Å²) < 4.78 is 5.09. The van der Waals surface area contributed by atoms with Crippen LogP contribution in [0.4, 0.5) is 0 Å². The molecule has 0 fully saturated rings. The van der Waals surface area contributed by atoms with Crippen molar-refractivity contribution in [2.24, 2.45) is 4.99 Å². The molecule has 2 N–H and O–H groups in total. The number of aryl methyl sites for hydroxylation is 1. The molecule has 0 aliphatic carbocycles. The van der Waals surface area contributed by atoms with Crippen LogP contribution < -0.4 is 10.6 Å². The monoisotopic (exact) mass is 420 g/mol. The van der Waals surface area contributed by atoms with Crippen LogP contribution in [0, 0.1) is 6.92 Å². The Morgan fingerprint density at radius 2 is 2.11 bits per heavy atom. The van der Waals surface area contributed by atoms with Gasteiger partial charge in [0.15, 0.2) is 5.96 Å². The molecule has 0 saturated heterocycles. The third-order valence-corrected chi connectivity index (χ3v) is 6.27. The molecule has 0 bridgehead atoms. The maximum atomic E-state index is 12.0. The average Bonchev–Trinajstić information content (AvgIpc) is 3.09. The molecule has 0 spiro atoms. The van der Waals surface area contributed by atoms with Crippen molar-refractivity contribution in [2.75, 3.05) is 26.0 Å². The highest BCUT2D eigenvalue weighted by atomic mass is 32.2. The summed E-state index contributed by atoms with van der Waals surface area (Å²) in [7, 11) is 1.75. The van der Waals surface area contributed by atoms with E-state index in [0.29, 0.717) is 17.2 Å². The van der Waals surface area contributed by atoms with Gasteiger partial charge in [-0.2, -0.15) is 0 Å². The number of rotatable bonds is 9. The highest BCUT2D eigenvalue weighted by Crippen LogP contribution is 2.24. The van der Waals surface area contributed by atoms with E-state index < -0.39 is 0 Å². The van der Waals surface area contributed by atoms with Gasteiger partial charge in [-0.3, -0.25) is 4.99 Å². The number of benzene rings is 1. The first-order valence-electron chi connectivity index (χ1n) is 9.34. The van der Waals surface area contributed by atoms with Crippen LogP contribution in [-0.2, 0) is 4.74 Å². The summed E-state index contributed by atoms with van der Waals surface area (Å²) in [5.74, 6) is 1.45. The molecule has 2 aromatic rings. The van der Waals surface area contributed by atoms with E-state index >= 15 is 0 Å². The lowest BCUT2D eigenvalue weighted by Gasteiger charge is -2.16. The maximum absolute atomic E-state index is 12.0. The quantitative estimate of drug-likeness (QED) is 0.210. The van der Waals surface area contributed by atoms with E-state index in [-0.39, 0.29) is 12.0 Å². The van der Waals surface area contributed by atoms with Crippen molar-refractivity contribution in [3.8, 4) is 0 Å². The Kier molecular flexibility index (Phi) is 9.30. The third-order valence-electron chi connectivity index (χ3n) is 3.85. The summed E-state index contributed by atoms with van der Waals surface area (Å²) in [4.78, 5) is 22.6. The van der Waals surface area contributed by atoms with Crippen LogP contribution >= 0.6 is 23.1 Å². The van der Waals surface area contributed by atoms with Gasteiger partial charge in [-0.1, -0.05) is 18.2 Å². The molecule has 1 atom stereocenters. The fourth-order valence-corrected chi connectivity index (χ4v) is 4.27. The number of guanidine groups is 1. The summed E-state index contributed by atoms with van der Waals surface area (Å²) in [6, 6.07) is 10.3. The van der Waals surface area contributed by atoms with E-state index in [2.05, 4.69) is 44.9 Å². The SMILES string of the molecule is CCOC(=O)c1sc(C(C)NC(=NC)NCCCSc2ccccc2)nc1C. The van der Waals surface area contributed by atoms with Crippen molar-refractivity contribution in [2.45, 2.75) is 38.1 Å². The molecule has 1 unspecified atom stereocenters. The predicted octanol–water partition coefficient (Wildman–Crippen LogP) is 4.04. The van der Waals surface area contributed by atoms with Gasteiger partial charge in [-0.05, 0) is 45.1 Å². The molecule has 8 heteroatoms. The molecule has 1 aromatic heterocycles.